The number of esters is 1. The van der Waals surface area contributed by atoms with Crippen molar-refractivity contribution in [1.29, 1.82) is 0 Å². The third kappa shape index (κ3) is 7.84. The van der Waals surface area contributed by atoms with E-state index >= 15 is 0 Å². The number of hydrogen-bond donors (Lipinski definition) is 7. The minimum absolute atomic E-state index is 0.00134. The van der Waals surface area contributed by atoms with Crippen LogP contribution in [0.15, 0.2) is 35.0 Å². The first-order valence-corrected chi connectivity index (χ1v) is 27.4. The molecule has 2 spiro atoms. The summed E-state index contributed by atoms with van der Waals surface area (Å²) in [5.74, 6) is 0.443. The Hall–Kier alpha value is -1.35. The summed E-state index contributed by atoms with van der Waals surface area (Å²) in [6.07, 6.45) is 4.66. The van der Waals surface area contributed by atoms with Crippen molar-refractivity contribution in [3.05, 3.63) is 36.1 Å². The summed E-state index contributed by atoms with van der Waals surface area (Å²) in [4.78, 5) is 12.9. The van der Waals surface area contributed by atoms with Crippen LogP contribution >= 0.6 is 43.2 Å². The quantitative estimate of drug-likeness (QED) is 0.116. The second-order valence-corrected chi connectivity index (χ2v) is 24.2. The van der Waals surface area contributed by atoms with Crippen molar-refractivity contribution in [2.24, 2.45) is 35.5 Å². The molecular weight excluding hydrogens is 875 g/mol. The Morgan fingerprint density at radius 3 is 2.68 bits per heavy atom. The predicted octanol–water partition coefficient (Wildman–Crippen LogP) is 5.25. The van der Waals surface area contributed by atoms with E-state index in [1.807, 2.05) is 27.7 Å². The van der Waals surface area contributed by atoms with Gasteiger partial charge >= 0.3 is 5.97 Å². The van der Waals surface area contributed by atoms with E-state index in [4.69, 9.17) is 23.4 Å². The van der Waals surface area contributed by atoms with Crippen molar-refractivity contribution < 1.29 is 58.8 Å². The summed E-state index contributed by atoms with van der Waals surface area (Å²) in [5.41, 5.74) is -5.64. The number of ether oxygens (including phenoxy) is 4. The van der Waals surface area contributed by atoms with Crippen LogP contribution in [0, 0.1) is 35.5 Å². The maximum Gasteiger partial charge on any atom is 0.306 e. The Morgan fingerprint density at radius 2 is 1.85 bits per heavy atom. The lowest BCUT2D eigenvalue weighted by Crippen LogP contribution is -2.86. The highest BCUT2D eigenvalue weighted by atomic mass is 33.1. The Morgan fingerprint density at radius 1 is 1.02 bits per heavy atom. The van der Waals surface area contributed by atoms with E-state index in [9.17, 15) is 35.4 Å². The van der Waals surface area contributed by atoms with Crippen LogP contribution in [0.5, 0.6) is 11.5 Å². The lowest BCUT2D eigenvalue weighted by Gasteiger charge is -2.67. The first kappa shape index (κ1) is 45.8. The van der Waals surface area contributed by atoms with E-state index < -0.39 is 71.7 Å². The first-order chi connectivity index (χ1) is 29.9. The SMILES string of the molecule is CCOC(=O)CCc1cc2ccoc2c2c1OC1OC3(CSSC45CCC(CSSCC(CCC3O)C(C)CCC4NCCO2)C5)C2(O)CC3C=CC(O)C(CO)C3C1(O)C2O. The number of allylic oxidation sites excluding steroid dienone is 1. The highest BCUT2D eigenvalue weighted by molar-refractivity contribution is 8.77. The van der Waals surface area contributed by atoms with E-state index in [0.717, 1.165) is 43.6 Å². The highest BCUT2D eigenvalue weighted by Gasteiger charge is 2.78. The Bertz CT molecular complexity index is 1960. The van der Waals surface area contributed by atoms with Crippen LogP contribution < -0.4 is 14.8 Å². The van der Waals surface area contributed by atoms with Gasteiger partial charge in [-0.15, -0.1) is 0 Å². The van der Waals surface area contributed by atoms with Crippen LogP contribution in [-0.4, -0.2) is 132 Å². The van der Waals surface area contributed by atoms with Crippen molar-refractivity contribution in [3.8, 4) is 11.5 Å². The van der Waals surface area contributed by atoms with Crippen LogP contribution in [0.1, 0.15) is 77.2 Å². The fourth-order valence-electron chi connectivity index (χ4n) is 12.1. The van der Waals surface area contributed by atoms with Gasteiger partial charge < -0.3 is 59.3 Å². The molecule has 3 saturated heterocycles. The van der Waals surface area contributed by atoms with Gasteiger partial charge in [0.1, 0.15) is 23.9 Å². The molecule has 17 heteroatoms. The molecule has 15 atom stereocenters. The molecular formula is C45H63NO12S4. The molecule has 344 valence electrons. The van der Waals surface area contributed by atoms with Gasteiger partial charge in [0, 0.05) is 64.8 Å². The molecule has 3 aliphatic carbocycles. The highest BCUT2D eigenvalue weighted by Crippen LogP contribution is 2.63. The molecule has 2 aromatic rings. The fraction of sp³-hybridized carbons (Fsp3) is 0.756. The van der Waals surface area contributed by atoms with Crippen LogP contribution in [0.2, 0.25) is 0 Å². The van der Waals surface area contributed by atoms with Crippen molar-refractivity contribution >= 4 is 60.1 Å². The lowest BCUT2D eigenvalue weighted by atomic mass is 9.50. The Kier molecular flexibility index (Phi) is 13.6. The molecule has 13 nitrogen and oxygen atoms in total. The second-order valence-electron chi connectivity index (χ2n) is 19.0. The van der Waals surface area contributed by atoms with Crippen LogP contribution in [-0.2, 0) is 20.7 Å². The third-order valence-corrected chi connectivity index (χ3v) is 21.6. The van der Waals surface area contributed by atoms with E-state index in [-0.39, 0.29) is 72.9 Å². The normalized spacial score (nSPS) is 43.5. The molecule has 4 aliphatic heterocycles. The van der Waals surface area contributed by atoms with Crippen molar-refractivity contribution in [3.63, 3.8) is 0 Å². The zero-order chi connectivity index (χ0) is 43.4. The number of nitrogens with one attached hydrogen (secondary N) is 1. The number of fused-ring (bicyclic) bond motifs is 15. The van der Waals surface area contributed by atoms with E-state index in [1.165, 1.54) is 0 Å². The molecule has 5 fully saturated rings. The minimum Gasteiger partial charge on any atom is -0.485 e. The second kappa shape index (κ2) is 18.4. The summed E-state index contributed by atoms with van der Waals surface area (Å²) in [6, 6.07) is 3.75. The van der Waals surface area contributed by atoms with Gasteiger partial charge in [-0.25, -0.2) is 0 Å². The van der Waals surface area contributed by atoms with Crippen molar-refractivity contribution in [1.82, 2.24) is 5.32 Å². The maximum atomic E-state index is 13.4. The van der Waals surface area contributed by atoms with Crippen LogP contribution in [0.25, 0.3) is 11.0 Å². The number of rotatable bonds is 5. The summed E-state index contributed by atoms with van der Waals surface area (Å²) >= 11 is 0. The summed E-state index contributed by atoms with van der Waals surface area (Å²) < 4.78 is 32.2. The number of furan rings is 1. The molecule has 7 aliphatic rings. The molecule has 62 heavy (non-hydrogen) atoms. The Balaban J connectivity index is 1.26. The zero-order valence-corrected chi connectivity index (χ0v) is 38.8. The van der Waals surface area contributed by atoms with Gasteiger partial charge in [-0.3, -0.25) is 4.79 Å². The fourth-order valence-corrected chi connectivity index (χ4v) is 19.2. The van der Waals surface area contributed by atoms with Gasteiger partial charge in [-0.2, -0.15) is 0 Å². The van der Waals surface area contributed by atoms with Gasteiger partial charge in [0.05, 0.1) is 25.1 Å². The number of carbonyl (C=O) groups is 1. The van der Waals surface area contributed by atoms with Crippen molar-refractivity contribution in [2.45, 2.75) is 130 Å². The molecule has 7 N–H and O–H groups in total. The van der Waals surface area contributed by atoms with E-state index in [1.54, 1.807) is 53.0 Å². The molecule has 2 saturated carbocycles. The average Bonchev–Trinajstić information content (AvgIpc) is 3.90. The number of aryl methyl sites for hydroxylation is 1. The summed E-state index contributed by atoms with van der Waals surface area (Å²) in [7, 11) is 7.23. The van der Waals surface area contributed by atoms with Gasteiger partial charge in [-0.1, -0.05) is 62.3 Å². The minimum atomic E-state index is -2.45. The van der Waals surface area contributed by atoms with Gasteiger partial charge in [0.25, 0.3) is 0 Å². The topological polar surface area (TPSA) is 201 Å². The largest absolute Gasteiger partial charge is 0.485 e. The van der Waals surface area contributed by atoms with Crippen LogP contribution in [0.3, 0.4) is 0 Å². The number of carbonyl (C=O) groups excluding carboxylic acids is 1. The molecule has 1 aromatic carbocycles. The van der Waals surface area contributed by atoms with Crippen LogP contribution in [0.4, 0.5) is 0 Å². The summed E-state index contributed by atoms with van der Waals surface area (Å²) in [5, 5.41) is 79.5. The monoisotopic (exact) mass is 937 g/mol. The number of hydrogen-bond acceptors (Lipinski definition) is 17. The van der Waals surface area contributed by atoms with Crippen molar-refractivity contribution in [2.75, 3.05) is 43.6 Å². The van der Waals surface area contributed by atoms with Gasteiger partial charge in [-0.05, 0) is 106 Å². The third-order valence-electron chi connectivity index (χ3n) is 15.6. The maximum absolute atomic E-state index is 13.4. The lowest BCUT2D eigenvalue weighted by molar-refractivity contribution is -0.424. The molecule has 0 amide bonds. The van der Waals surface area contributed by atoms with Gasteiger partial charge in [0.15, 0.2) is 16.9 Å². The average molecular weight is 938 g/mol. The first-order valence-electron chi connectivity index (χ1n) is 22.6. The molecule has 9 rings (SSSR count). The molecule has 8 bridgehead atoms. The zero-order valence-electron chi connectivity index (χ0n) is 35.5. The molecule has 0 radical (unpaired) electrons. The smallest absolute Gasteiger partial charge is 0.306 e. The summed E-state index contributed by atoms with van der Waals surface area (Å²) in [6.45, 7) is 4.48. The number of aliphatic hydroxyl groups is 6. The Labute approximate surface area is 379 Å². The van der Waals surface area contributed by atoms with E-state index in [0.29, 0.717) is 41.3 Å². The number of aliphatic hydroxyl groups excluding tert-OH is 4. The predicted molar refractivity (Wildman–Crippen MR) is 242 cm³/mol. The van der Waals surface area contributed by atoms with E-state index in [2.05, 4.69) is 12.2 Å². The standard InChI is InChI=1S/C45H63NO12S4/c1-3-54-35(50)11-7-27-18-28-13-16-55-37(28)39-38(27)57-41-45(53)36-29(5-8-32(48)31(36)21-47)20-43(52,40(45)51)44(58-41)24-61-62-42-14-12-26(19-42)22-59-60-23-30(6-10-34(44)49)25(2)4-9-33(42)46-15-17-56-39/h5,8,13,16,18,25-26,29-34,36,40-41,46-49,51-53H,3-4,6-7,9-12,14-15,17,19-24H2,1-2H3. The molecule has 1 aromatic heterocycles. The van der Waals surface area contributed by atoms with Gasteiger partial charge in [0.2, 0.25) is 12.0 Å². The molecule has 15 unspecified atom stereocenters. The number of benzene rings is 1. The molecule has 5 heterocycles.